The average Bonchev–Trinajstić information content (AvgIpc) is 3.39. The van der Waals surface area contributed by atoms with Gasteiger partial charge in [0, 0.05) is 12.8 Å². The molecule has 0 rings (SSSR count). The van der Waals surface area contributed by atoms with Crippen molar-refractivity contribution in [2.45, 2.75) is 297 Å². The maximum atomic E-state index is 12.9. The van der Waals surface area contributed by atoms with Crippen molar-refractivity contribution < 1.29 is 28.6 Å². The van der Waals surface area contributed by atoms with Gasteiger partial charge < -0.3 is 14.2 Å². The fraction of sp³-hybridized carbons (Fsp3) is 0.716. The molecule has 0 aromatic heterocycles. The van der Waals surface area contributed by atoms with Crippen molar-refractivity contribution in [2.75, 3.05) is 13.2 Å². The third-order valence-electron chi connectivity index (χ3n) is 13.1. The van der Waals surface area contributed by atoms with Crippen LogP contribution in [-0.4, -0.2) is 37.2 Å². The smallest absolute Gasteiger partial charge is 0.309 e. The first-order valence-corrected chi connectivity index (χ1v) is 30.7. The second-order valence-corrected chi connectivity index (χ2v) is 20.2. The van der Waals surface area contributed by atoms with E-state index in [-0.39, 0.29) is 31.6 Å². The van der Waals surface area contributed by atoms with Gasteiger partial charge in [-0.05, 0) is 103 Å². The number of hydrogen-bond donors (Lipinski definition) is 0. The Hall–Kier alpha value is -3.67. The number of carbonyl (C=O) groups is 3. The van der Waals surface area contributed by atoms with Gasteiger partial charge >= 0.3 is 17.9 Å². The maximum Gasteiger partial charge on any atom is 0.309 e. The lowest BCUT2D eigenvalue weighted by atomic mass is 10.1. The summed E-state index contributed by atoms with van der Waals surface area (Å²) < 4.78 is 16.8. The van der Waals surface area contributed by atoms with Crippen molar-refractivity contribution in [3.63, 3.8) is 0 Å². The first-order chi connectivity index (χ1) is 36.0. The lowest BCUT2D eigenvalue weighted by Crippen LogP contribution is -2.30. The van der Waals surface area contributed by atoms with Gasteiger partial charge in [0.2, 0.25) is 0 Å². The highest BCUT2D eigenvalue weighted by Crippen LogP contribution is 2.15. The summed E-state index contributed by atoms with van der Waals surface area (Å²) in [4.78, 5) is 38.2. The van der Waals surface area contributed by atoms with E-state index in [1.807, 2.05) is 6.08 Å². The van der Waals surface area contributed by atoms with Crippen LogP contribution >= 0.6 is 0 Å². The molecule has 0 fully saturated rings. The first-order valence-electron chi connectivity index (χ1n) is 30.7. The van der Waals surface area contributed by atoms with Gasteiger partial charge in [-0.25, -0.2) is 0 Å². The highest BCUT2D eigenvalue weighted by Gasteiger charge is 2.19. The van der Waals surface area contributed by atoms with Crippen molar-refractivity contribution in [3.8, 4) is 0 Å². The highest BCUT2D eigenvalue weighted by atomic mass is 16.6. The van der Waals surface area contributed by atoms with E-state index in [4.69, 9.17) is 14.2 Å². The van der Waals surface area contributed by atoms with E-state index in [9.17, 15) is 14.4 Å². The molecule has 418 valence electrons. The largest absolute Gasteiger partial charge is 0.462 e. The molecular formula is C67H114O6. The lowest BCUT2D eigenvalue weighted by molar-refractivity contribution is -0.166. The van der Waals surface area contributed by atoms with E-state index in [0.29, 0.717) is 12.8 Å². The molecule has 0 spiro atoms. The molecule has 1 atom stereocenters. The fourth-order valence-corrected chi connectivity index (χ4v) is 8.48. The molecular weight excluding hydrogens is 901 g/mol. The quantitative estimate of drug-likeness (QED) is 0.0261. The van der Waals surface area contributed by atoms with Crippen LogP contribution in [0.2, 0.25) is 0 Å². The van der Waals surface area contributed by atoms with Crippen LogP contribution in [0.4, 0.5) is 0 Å². The minimum atomic E-state index is -0.822. The summed E-state index contributed by atoms with van der Waals surface area (Å²) in [5, 5.41) is 0. The summed E-state index contributed by atoms with van der Waals surface area (Å²) in [6.45, 7) is 6.44. The molecule has 0 radical (unpaired) electrons. The van der Waals surface area contributed by atoms with Gasteiger partial charge in [0.1, 0.15) is 13.2 Å². The van der Waals surface area contributed by atoms with E-state index in [1.165, 1.54) is 173 Å². The van der Waals surface area contributed by atoms with E-state index < -0.39 is 12.1 Å². The van der Waals surface area contributed by atoms with Crippen LogP contribution in [0.15, 0.2) is 97.2 Å². The summed E-state index contributed by atoms with van der Waals surface area (Å²) in [5.41, 5.74) is 0. The van der Waals surface area contributed by atoms with E-state index in [1.54, 1.807) is 6.08 Å². The number of esters is 3. The molecule has 0 bridgehead atoms. The molecule has 6 heteroatoms. The van der Waals surface area contributed by atoms with Crippen LogP contribution in [0, 0.1) is 0 Å². The number of hydrogen-bond acceptors (Lipinski definition) is 6. The van der Waals surface area contributed by atoms with Crippen molar-refractivity contribution in [2.24, 2.45) is 0 Å². The molecule has 0 aliphatic carbocycles. The van der Waals surface area contributed by atoms with E-state index in [0.717, 1.165) is 77.0 Å². The zero-order valence-corrected chi connectivity index (χ0v) is 47.9. The molecule has 1 unspecified atom stereocenters. The molecule has 0 aromatic rings. The summed E-state index contributed by atoms with van der Waals surface area (Å²) in [5.74, 6) is -1.04. The molecule has 73 heavy (non-hydrogen) atoms. The first kappa shape index (κ1) is 69.3. The predicted molar refractivity (Wildman–Crippen MR) is 316 cm³/mol. The Morgan fingerprint density at radius 3 is 0.973 bits per heavy atom. The standard InChI is InChI=1S/C67H114O6/c1-4-7-10-13-16-19-22-25-28-30-32-33-35-36-39-42-45-48-51-54-57-60-66(69)72-63-64(62-71-65(68)59-56-53-50-47-44-41-38-27-24-21-18-15-12-9-6-3)73-67(70)61-58-55-52-49-46-43-40-37-34-31-29-26-23-20-17-14-11-8-5-2/h9,12,18,21-22,25-27,29-30,32,38,44,47,53,56,64H,4-8,10-11,13-17,19-20,23-24,28,31,33-37,39-43,45-46,48-52,54-55,57-63H2,1-3H3/b12-9-,21-18-,25-22-,29-26-,32-30-,38-27-,47-44-,56-53-. The number of allylic oxidation sites excluding steroid dienone is 15. The zero-order chi connectivity index (χ0) is 52.9. The Labute approximate surface area is 451 Å². The molecule has 0 saturated carbocycles. The topological polar surface area (TPSA) is 78.9 Å². The van der Waals surface area contributed by atoms with Gasteiger partial charge in [-0.1, -0.05) is 266 Å². The molecule has 0 aromatic carbocycles. The molecule has 0 heterocycles. The predicted octanol–water partition coefficient (Wildman–Crippen LogP) is 20.9. The third kappa shape index (κ3) is 59.1. The van der Waals surface area contributed by atoms with Crippen LogP contribution in [0.1, 0.15) is 290 Å². The SMILES string of the molecule is CC/C=C\C/C=C\C/C=C\C/C=C\C/C=C\CC(=O)OCC(COC(=O)CCCCCCCCCCC/C=C\C/C=C\CCCCCCC)OC(=O)CCCCCCCCCCC/C=C\CCCCCCCC. The monoisotopic (exact) mass is 1010 g/mol. The van der Waals surface area contributed by atoms with Crippen LogP contribution in [-0.2, 0) is 28.6 Å². The number of rotatable bonds is 55. The Bertz CT molecular complexity index is 1440. The Morgan fingerprint density at radius 1 is 0.301 bits per heavy atom. The second kappa shape index (κ2) is 60.9. The minimum absolute atomic E-state index is 0.110. The van der Waals surface area contributed by atoms with Gasteiger partial charge in [0.05, 0.1) is 6.42 Å². The van der Waals surface area contributed by atoms with Gasteiger partial charge in [0.15, 0.2) is 6.10 Å². The van der Waals surface area contributed by atoms with Crippen molar-refractivity contribution in [3.05, 3.63) is 97.2 Å². The number of ether oxygens (including phenoxy) is 3. The molecule has 0 amide bonds. The summed E-state index contributed by atoms with van der Waals surface area (Å²) in [6.07, 6.45) is 81.4. The van der Waals surface area contributed by atoms with Crippen molar-refractivity contribution in [1.29, 1.82) is 0 Å². The van der Waals surface area contributed by atoms with Gasteiger partial charge in [-0.3, -0.25) is 14.4 Å². The summed E-state index contributed by atoms with van der Waals surface area (Å²) in [6, 6.07) is 0. The minimum Gasteiger partial charge on any atom is -0.462 e. The molecule has 6 nitrogen and oxygen atoms in total. The maximum absolute atomic E-state index is 12.9. The van der Waals surface area contributed by atoms with Crippen molar-refractivity contribution in [1.82, 2.24) is 0 Å². The van der Waals surface area contributed by atoms with Gasteiger partial charge in [0.25, 0.3) is 0 Å². The van der Waals surface area contributed by atoms with Gasteiger partial charge in [-0.15, -0.1) is 0 Å². The third-order valence-corrected chi connectivity index (χ3v) is 13.1. The average molecular weight is 1020 g/mol. The summed E-state index contributed by atoms with van der Waals surface area (Å²) in [7, 11) is 0. The Morgan fingerprint density at radius 2 is 0.589 bits per heavy atom. The second-order valence-electron chi connectivity index (χ2n) is 20.2. The normalized spacial score (nSPS) is 12.8. The van der Waals surface area contributed by atoms with Crippen molar-refractivity contribution >= 4 is 17.9 Å². The lowest BCUT2D eigenvalue weighted by Gasteiger charge is -2.18. The number of carbonyl (C=O) groups excluding carboxylic acids is 3. The fourth-order valence-electron chi connectivity index (χ4n) is 8.48. The molecule has 0 N–H and O–H groups in total. The van der Waals surface area contributed by atoms with E-state index in [2.05, 4.69) is 106 Å². The van der Waals surface area contributed by atoms with Crippen LogP contribution in [0.5, 0.6) is 0 Å². The van der Waals surface area contributed by atoms with Gasteiger partial charge in [-0.2, -0.15) is 0 Å². The highest BCUT2D eigenvalue weighted by molar-refractivity contribution is 5.72. The van der Waals surface area contributed by atoms with Crippen LogP contribution < -0.4 is 0 Å². The molecule has 0 saturated heterocycles. The Kier molecular flexibility index (Phi) is 57.8. The van der Waals surface area contributed by atoms with Crippen LogP contribution in [0.25, 0.3) is 0 Å². The zero-order valence-electron chi connectivity index (χ0n) is 47.9. The number of unbranched alkanes of at least 4 members (excludes halogenated alkanes) is 29. The molecule has 0 aliphatic rings. The van der Waals surface area contributed by atoms with E-state index >= 15 is 0 Å². The summed E-state index contributed by atoms with van der Waals surface area (Å²) >= 11 is 0. The van der Waals surface area contributed by atoms with Crippen LogP contribution in [0.3, 0.4) is 0 Å². The Balaban J connectivity index is 4.45. The molecule has 0 aliphatic heterocycles.